The first-order valence-corrected chi connectivity index (χ1v) is 20.1. The number of fused-ring (bicyclic) bond motifs is 15. The van der Waals surface area contributed by atoms with Gasteiger partial charge in [-0.3, -0.25) is 5.32 Å². The summed E-state index contributed by atoms with van der Waals surface area (Å²) in [7, 11) is 2.66. The molecule has 2 atom stereocenters. The summed E-state index contributed by atoms with van der Waals surface area (Å²) >= 11 is 0. The Bertz CT molecular complexity index is 3010. The first-order chi connectivity index (χ1) is 30.0. The third-order valence-electron chi connectivity index (χ3n) is 11.9. The quantitative estimate of drug-likeness (QED) is 0.143. The molecule has 7 aromatic rings. The van der Waals surface area contributed by atoms with E-state index in [2.05, 4.69) is 100 Å². The summed E-state index contributed by atoms with van der Waals surface area (Å²) in [5.74, 6) is -1.20. The van der Waals surface area contributed by atoms with Gasteiger partial charge in [0.2, 0.25) is 0 Å². The van der Waals surface area contributed by atoms with Crippen LogP contribution in [0.15, 0.2) is 145 Å². The normalized spacial score (nSPS) is 15.9. The maximum absolute atomic E-state index is 13.8. The number of aromatic amines is 2. The molecule has 2 unspecified atom stereocenters. The molecule has 4 aromatic carbocycles. The SMILES string of the molecule is COC(=O)C1=C(C(=O)OC)C2NC1c1c2c2[nH]c1c(-c1ccccc1)c1nc(c(-c3ccccc3)c3ccc([nH]3)c(-c3ccccc3)c3nc(c2-c2ccccc2)C=C3)C=C1. The molecule has 3 N–H and O–H groups in total. The molecule has 294 valence electrons. The third kappa shape index (κ3) is 5.73. The van der Waals surface area contributed by atoms with Gasteiger partial charge in [-0.25, -0.2) is 19.6 Å². The number of methoxy groups -OCH3 is 2. The molecule has 9 nitrogen and oxygen atoms in total. The number of H-pyrrole nitrogens is 2. The van der Waals surface area contributed by atoms with Crippen molar-refractivity contribution in [1.29, 1.82) is 0 Å². The molecule has 4 aliphatic heterocycles. The van der Waals surface area contributed by atoms with E-state index in [4.69, 9.17) is 19.4 Å². The van der Waals surface area contributed by atoms with Crippen molar-refractivity contribution in [2.75, 3.05) is 14.2 Å². The van der Waals surface area contributed by atoms with Crippen LogP contribution in [0, 0.1) is 0 Å². The second-order valence-electron chi connectivity index (χ2n) is 15.2. The Balaban J connectivity index is 1.39. The molecule has 0 fully saturated rings. The van der Waals surface area contributed by atoms with Crippen molar-refractivity contribution in [3.8, 4) is 44.5 Å². The van der Waals surface area contributed by atoms with E-state index in [1.54, 1.807) is 0 Å². The fourth-order valence-corrected chi connectivity index (χ4v) is 9.41. The van der Waals surface area contributed by atoms with Gasteiger partial charge < -0.3 is 19.4 Å². The van der Waals surface area contributed by atoms with Crippen LogP contribution in [-0.4, -0.2) is 46.1 Å². The second kappa shape index (κ2) is 14.4. The maximum atomic E-state index is 13.8. The fourth-order valence-electron chi connectivity index (χ4n) is 9.41. The van der Waals surface area contributed by atoms with Crippen LogP contribution >= 0.6 is 0 Å². The van der Waals surface area contributed by atoms with E-state index in [1.807, 2.05) is 72.8 Å². The Morgan fingerprint density at radius 2 is 0.770 bits per heavy atom. The van der Waals surface area contributed by atoms with E-state index in [1.165, 1.54) is 14.2 Å². The third-order valence-corrected chi connectivity index (χ3v) is 11.9. The van der Waals surface area contributed by atoms with Crippen LogP contribution < -0.4 is 5.32 Å². The Morgan fingerprint density at radius 1 is 0.443 bits per heavy atom. The number of rotatable bonds is 6. The molecular formula is C52H37N5O4. The minimum absolute atomic E-state index is 0.229. The van der Waals surface area contributed by atoms with Crippen LogP contribution in [0.4, 0.5) is 0 Å². The number of aromatic nitrogens is 4. The molecule has 0 radical (unpaired) electrons. The van der Waals surface area contributed by atoms with E-state index >= 15 is 0 Å². The van der Waals surface area contributed by atoms with Crippen LogP contribution in [0.1, 0.15) is 46.0 Å². The molecule has 0 saturated heterocycles. The van der Waals surface area contributed by atoms with Crippen molar-refractivity contribution >= 4 is 58.3 Å². The molecule has 0 amide bonds. The van der Waals surface area contributed by atoms with Gasteiger partial charge in [0.25, 0.3) is 0 Å². The summed E-state index contributed by atoms with van der Waals surface area (Å²) < 4.78 is 10.7. The van der Waals surface area contributed by atoms with Gasteiger partial charge in [-0.2, -0.15) is 0 Å². The predicted molar refractivity (Wildman–Crippen MR) is 240 cm³/mol. The topological polar surface area (TPSA) is 122 Å². The first-order valence-electron chi connectivity index (χ1n) is 20.1. The molecule has 61 heavy (non-hydrogen) atoms. The van der Waals surface area contributed by atoms with Gasteiger partial charge in [-0.05, 0) is 58.7 Å². The monoisotopic (exact) mass is 795 g/mol. The zero-order valence-electron chi connectivity index (χ0n) is 33.2. The van der Waals surface area contributed by atoms with E-state index in [0.29, 0.717) is 0 Å². The zero-order chi connectivity index (χ0) is 41.2. The summed E-state index contributed by atoms with van der Waals surface area (Å²) in [6.45, 7) is 0. The number of ether oxygens (including phenoxy) is 2. The Labute approximate surface area is 350 Å². The molecule has 4 aliphatic rings. The van der Waals surface area contributed by atoms with Crippen molar-refractivity contribution < 1.29 is 19.1 Å². The van der Waals surface area contributed by atoms with Crippen LogP contribution in [0.25, 0.3) is 90.9 Å². The van der Waals surface area contributed by atoms with Crippen LogP contribution in [0.3, 0.4) is 0 Å². The highest BCUT2D eigenvalue weighted by atomic mass is 16.5. The fraction of sp³-hybridized carbons (Fsp3) is 0.0769. The molecule has 3 aromatic heterocycles. The van der Waals surface area contributed by atoms with Crippen LogP contribution in [0.2, 0.25) is 0 Å². The smallest absolute Gasteiger partial charge is 0.336 e. The molecule has 11 rings (SSSR count). The van der Waals surface area contributed by atoms with Gasteiger partial charge in [0.1, 0.15) is 0 Å². The Hall–Kier alpha value is -7.88. The molecule has 10 bridgehead atoms. The highest BCUT2D eigenvalue weighted by Gasteiger charge is 2.52. The van der Waals surface area contributed by atoms with Crippen molar-refractivity contribution in [2.45, 2.75) is 12.1 Å². The summed E-state index contributed by atoms with van der Waals surface area (Å²) in [6.07, 6.45) is 8.25. The number of benzene rings is 4. The lowest BCUT2D eigenvalue weighted by molar-refractivity contribution is -0.139. The highest BCUT2D eigenvalue weighted by Crippen LogP contribution is 2.55. The summed E-state index contributed by atoms with van der Waals surface area (Å²) in [6, 6.07) is 43.7. The molecule has 0 aliphatic carbocycles. The van der Waals surface area contributed by atoms with Gasteiger partial charge in [0.15, 0.2) is 0 Å². The Morgan fingerprint density at radius 3 is 1.11 bits per heavy atom. The molecule has 9 heteroatoms. The van der Waals surface area contributed by atoms with E-state index in [9.17, 15) is 9.59 Å². The minimum atomic E-state index is -0.696. The molecule has 7 heterocycles. The van der Waals surface area contributed by atoms with Crippen molar-refractivity contribution in [3.05, 3.63) is 179 Å². The van der Waals surface area contributed by atoms with Gasteiger partial charge in [0, 0.05) is 44.4 Å². The lowest BCUT2D eigenvalue weighted by Crippen LogP contribution is -2.19. The lowest BCUT2D eigenvalue weighted by Gasteiger charge is -2.17. The largest absolute Gasteiger partial charge is 0.466 e. The first kappa shape index (κ1) is 36.2. The summed E-state index contributed by atoms with van der Waals surface area (Å²) in [4.78, 5) is 46.2. The zero-order valence-corrected chi connectivity index (χ0v) is 33.2. The van der Waals surface area contributed by atoms with Crippen molar-refractivity contribution in [1.82, 2.24) is 25.3 Å². The van der Waals surface area contributed by atoms with Gasteiger partial charge >= 0.3 is 11.9 Å². The number of nitrogens with one attached hydrogen (secondary N) is 3. The van der Waals surface area contributed by atoms with Crippen LogP contribution in [-0.2, 0) is 19.1 Å². The van der Waals surface area contributed by atoms with Crippen molar-refractivity contribution in [3.63, 3.8) is 0 Å². The van der Waals surface area contributed by atoms with Gasteiger partial charge in [0.05, 0.1) is 71.3 Å². The Kier molecular flexibility index (Phi) is 8.57. The number of hydrogen-bond donors (Lipinski definition) is 3. The maximum Gasteiger partial charge on any atom is 0.336 e. The van der Waals surface area contributed by atoms with Crippen LogP contribution in [0.5, 0.6) is 0 Å². The van der Waals surface area contributed by atoms with E-state index in [0.717, 1.165) is 100 Å². The standard InChI is InChI=1S/C52H37N5O4/c1-60-51(58)45-46(52(59)61-2)50-44-43(49(45)57-50)47-41(31-19-11-5-12-20-31)37-27-25-35(54-37)39(29-15-7-3-8-16-29)33-23-24-34(53-33)40(30-17-9-4-10-18-30)36-26-28-38(55-36)42(48(44)56-47)32-21-13-6-14-22-32/h3-28,49-50,53,56-57H,1-2H3. The average Bonchev–Trinajstić information content (AvgIpc) is 4.18. The minimum Gasteiger partial charge on any atom is -0.466 e. The highest BCUT2D eigenvalue weighted by molar-refractivity contribution is 6.09. The van der Waals surface area contributed by atoms with Gasteiger partial charge in [-0.1, -0.05) is 121 Å². The van der Waals surface area contributed by atoms with E-state index < -0.39 is 24.0 Å². The number of carbonyl (C=O) groups excluding carboxylic acids is 2. The molecule has 0 spiro atoms. The number of hydrogen-bond acceptors (Lipinski definition) is 7. The summed E-state index contributed by atoms with van der Waals surface area (Å²) in [5, 5.41) is 3.63. The van der Waals surface area contributed by atoms with E-state index in [-0.39, 0.29) is 11.1 Å². The average molecular weight is 796 g/mol. The van der Waals surface area contributed by atoms with Gasteiger partial charge in [-0.15, -0.1) is 0 Å². The summed E-state index contributed by atoms with van der Waals surface area (Å²) in [5.41, 5.74) is 15.9. The predicted octanol–water partition coefficient (Wildman–Crippen LogP) is 10.7. The lowest BCUT2D eigenvalue weighted by atomic mass is 9.84. The number of esters is 2. The number of nitrogens with zero attached hydrogens (tertiary/aromatic N) is 2. The molecular weight excluding hydrogens is 759 g/mol. The van der Waals surface area contributed by atoms with Crippen molar-refractivity contribution in [2.24, 2.45) is 0 Å². The number of carbonyl (C=O) groups is 2. The second-order valence-corrected chi connectivity index (χ2v) is 15.2. The molecule has 0 saturated carbocycles.